The van der Waals surface area contributed by atoms with Crippen molar-refractivity contribution in [2.75, 3.05) is 13.2 Å². The third-order valence-electron chi connectivity index (χ3n) is 3.94. The van der Waals surface area contributed by atoms with E-state index in [4.69, 9.17) is 15.2 Å². The Bertz CT molecular complexity index is 305. The minimum atomic E-state index is -0.937. The van der Waals surface area contributed by atoms with Crippen LogP contribution >= 0.6 is 12.4 Å². The van der Waals surface area contributed by atoms with Crippen LogP contribution in [0.3, 0.4) is 0 Å². The second kappa shape index (κ2) is 13.8. The predicted molar refractivity (Wildman–Crippen MR) is 89.9 cm³/mol. The Morgan fingerprint density at radius 1 is 0.864 bits per heavy atom. The summed E-state index contributed by atoms with van der Waals surface area (Å²) >= 11 is 0. The van der Waals surface area contributed by atoms with Crippen LogP contribution in [0.1, 0.15) is 59.8 Å². The van der Waals surface area contributed by atoms with Crippen LogP contribution in [0.25, 0.3) is 0 Å². The molecule has 132 valence electrons. The van der Waals surface area contributed by atoms with Gasteiger partial charge in [-0.15, -0.1) is 12.4 Å². The van der Waals surface area contributed by atoms with Crippen LogP contribution in [-0.4, -0.2) is 31.2 Å². The molecule has 0 radical (unpaired) electrons. The fraction of sp³-hybridized carbons (Fsp3) is 0.875. The maximum atomic E-state index is 11.7. The van der Waals surface area contributed by atoms with E-state index in [2.05, 4.69) is 27.7 Å². The molecule has 0 aliphatic carbocycles. The lowest BCUT2D eigenvalue weighted by Crippen LogP contribution is -2.36. The molecule has 2 N–H and O–H groups in total. The third-order valence-corrected chi connectivity index (χ3v) is 3.94. The number of hydrogen-bond donors (Lipinski definition) is 1. The Morgan fingerprint density at radius 2 is 1.27 bits per heavy atom. The Balaban J connectivity index is 0. The smallest absolute Gasteiger partial charge is 0.323 e. The van der Waals surface area contributed by atoms with Crippen molar-refractivity contribution in [3.8, 4) is 0 Å². The zero-order valence-corrected chi connectivity index (χ0v) is 15.1. The first-order chi connectivity index (χ1) is 9.98. The lowest BCUT2D eigenvalue weighted by Gasteiger charge is -2.16. The Hall–Kier alpha value is -0.810. The highest BCUT2D eigenvalue weighted by molar-refractivity contribution is 5.85. The van der Waals surface area contributed by atoms with Crippen molar-refractivity contribution in [2.45, 2.75) is 65.8 Å². The number of nitrogens with two attached hydrogens (primary N) is 1. The van der Waals surface area contributed by atoms with Crippen LogP contribution in [0.5, 0.6) is 0 Å². The van der Waals surface area contributed by atoms with E-state index in [0.717, 1.165) is 25.7 Å². The fourth-order valence-electron chi connectivity index (χ4n) is 1.89. The Labute approximate surface area is 140 Å². The van der Waals surface area contributed by atoms with Crippen LogP contribution in [0.2, 0.25) is 0 Å². The van der Waals surface area contributed by atoms with Gasteiger partial charge in [-0.25, -0.2) is 0 Å². The monoisotopic (exact) mass is 337 g/mol. The molecule has 0 aromatic heterocycles. The maximum absolute atomic E-state index is 11.7. The second-order valence-electron chi connectivity index (χ2n) is 5.49. The van der Waals surface area contributed by atoms with Gasteiger partial charge >= 0.3 is 11.9 Å². The van der Waals surface area contributed by atoms with Crippen molar-refractivity contribution in [3.63, 3.8) is 0 Å². The molecule has 6 heteroatoms. The maximum Gasteiger partial charge on any atom is 0.323 e. The zero-order valence-electron chi connectivity index (χ0n) is 14.3. The zero-order chi connectivity index (χ0) is 16.3. The first-order valence-electron chi connectivity index (χ1n) is 8.06. The standard InChI is InChI=1S/C16H31NO4.ClH/c1-5-12(6-2)10-20-15(18)9-14(17)16(19)21-11-13(7-3)8-4;/h12-14H,5-11,17H2,1-4H3;1H. The lowest BCUT2D eigenvalue weighted by molar-refractivity contribution is -0.153. The molecule has 0 fully saturated rings. The second-order valence-corrected chi connectivity index (χ2v) is 5.49. The summed E-state index contributed by atoms with van der Waals surface area (Å²) in [4.78, 5) is 23.3. The van der Waals surface area contributed by atoms with E-state index in [1.165, 1.54) is 0 Å². The predicted octanol–water partition coefficient (Wildman–Crippen LogP) is 3.08. The summed E-state index contributed by atoms with van der Waals surface area (Å²) in [6.45, 7) is 8.98. The molecular formula is C16H32ClNO4. The van der Waals surface area contributed by atoms with Crippen molar-refractivity contribution >= 4 is 24.3 Å². The molecule has 1 unspecified atom stereocenters. The third kappa shape index (κ3) is 10.0. The van der Waals surface area contributed by atoms with E-state index in [-0.39, 0.29) is 18.8 Å². The molecule has 0 rings (SSSR count). The SMILES string of the molecule is CCC(CC)COC(=O)CC(N)C(=O)OCC(CC)CC.Cl. The van der Waals surface area contributed by atoms with Crippen LogP contribution in [0.4, 0.5) is 0 Å². The number of halogens is 1. The quantitative estimate of drug-likeness (QED) is 0.586. The average molecular weight is 338 g/mol. The van der Waals surface area contributed by atoms with Crippen molar-refractivity contribution in [2.24, 2.45) is 17.6 Å². The van der Waals surface area contributed by atoms with Gasteiger partial charge in [-0.3, -0.25) is 9.59 Å². The molecule has 0 saturated carbocycles. The Kier molecular flexibility index (Phi) is 14.7. The average Bonchev–Trinajstić information content (AvgIpc) is 2.48. The van der Waals surface area contributed by atoms with Crippen LogP contribution < -0.4 is 5.73 Å². The van der Waals surface area contributed by atoms with Crippen LogP contribution in [0.15, 0.2) is 0 Å². The van der Waals surface area contributed by atoms with Gasteiger partial charge in [-0.05, 0) is 11.8 Å². The van der Waals surface area contributed by atoms with Gasteiger partial charge in [0.15, 0.2) is 0 Å². The highest BCUT2D eigenvalue weighted by atomic mass is 35.5. The van der Waals surface area contributed by atoms with Gasteiger partial charge in [0, 0.05) is 0 Å². The van der Waals surface area contributed by atoms with Gasteiger partial charge in [0.1, 0.15) is 6.04 Å². The summed E-state index contributed by atoms with van der Waals surface area (Å²) in [5.74, 6) is -0.245. The minimum Gasteiger partial charge on any atom is -0.465 e. The van der Waals surface area contributed by atoms with Crippen LogP contribution in [-0.2, 0) is 19.1 Å². The van der Waals surface area contributed by atoms with E-state index in [1.54, 1.807) is 0 Å². The fourth-order valence-corrected chi connectivity index (χ4v) is 1.89. The number of rotatable bonds is 11. The molecule has 1 atom stereocenters. The molecule has 5 nitrogen and oxygen atoms in total. The summed E-state index contributed by atoms with van der Waals surface area (Å²) in [5.41, 5.74) is 5.68. The van der Waals surface area contributed by atoms with E-state index >= 15 is 0 Å². The number of hydrogen-bond acceptors (Lipinski definition) is 5. The van der Waals surface area contributed by atoms with Gasteiger partial charge in [0.2, 0.25) is 0 Å². The van der Waals surface area contributed by atoms with E-state index in [0.29, 0.717) is 25.0 Å². The first-order valence-corrected chi connectivity index (χ1v) is 8.06. The molecule has 0 heterocycles. The molecule has 0 aromatic carbocycles. The number of carbonyl (C=O) groups is 2. The molecule has 22 heavy (non-hydrogen) atoms. The van der Waals surface area contributed by atoms with Crippen molar-refractivity contribution in [1.82, 2.24) is 0 Å². The van der Waals surface area contributed by atoms with Gasteiger partial charge in [-0.2, -0.15) is 0 Å². The molecule has 0 saturated heterocycles. The summed E-state index contributed by atoms with van der Waals surface area (Å²) in [5, 5.41) is 0. The first kappa shape index (κ1) is 23.5. The summed E-state index contributed by atoms with van der Waals surface area (Å²) in [6.07, 6.45) is 3.72. The summed E-state index contributed by atoms with van der Waals surface area (Å²) in [6, 6.07) is -0.937. The topological polar surface area (TPSA) is 78.6 Å². The number of esters is 2. The van der Waals surface area contributed by atoms with Gasteiger partial charge in [-0.1, -0.05) is 53.4 Å². The van der Waals surface area contributed by atoms with Crippen molar-refractivity contribution in [1.29, 1.82) is 0 Å². The molecular weight excluding hydrogens is 306 g/mol. The Morgan fingerprint density at radius 3 is 1.68 bits per heavy atom. The van der Waals surface area contributed by atoms with E-state index in [1.807, 2.05) is 0 Å². The molecule has 0 amide bonds. The molecule has 0 bridgehead atoms. The molecule has 0 aliphatic heterocycles. The van der Waals surface area contributed by atoms with Crippen molar-refractivity contribution < 1.29 is 19.1 Å². The molecule has 0 aliphatic rings. The van der Waals surface area contributed by atoms with Crippen LogP contribution in [0, 0.1) is 11.8 Å². The number of carbonyl (C=O) groups excluding carboxylic acids is 2. The van der Waals surface area contributed by atoms with E-state index in [9.17, 15) is 9.59 Å². The minimum absolute atomic E-state index is 0. The van der Waals surface area contributed by atoms with Gasteiger partial charge < -0.3 is 15.2 Å². The highest BCUT2D eigenvalue weighted by Gasteiger charge is 2.21. The van der Waals surface area contributed by atoms with Crippen molar-refractivity contribution in [3.05, 3.63) is 0 Å². The lowest BCUT2D eigenvalue weighted by atomic mass is 10.1. The number of ether oxygens (including phenoxy) is 2. The van der Waals surface area contributed by atoms with E-state index < -0.39 is 18.0 Å². The summed E-state index contributed by atoms with van der Waals surface area (Å²) < 4.78 is 10.3. The van der Waals surface area contributed by atoms with Gasteiger partial charge in [0.25, 0.3) is 0 Å². The summed E-state index contributed by atoms with van der Waals surface area (Å²) in [7, 11) is 0. The molecule has 0 spiro atoms. The largest absolute Gasteiger partial charge is 0.465 e. The van der Waals surface area contributed by atoms with Gasteiger partial charge in [0.05, 0.1) is 19.6 Å². The normalized spacial score (nSPS) is 12.0. The highest BCUT2D eigenvalue weighted by Crippen LogP contribution is 2.10. The molecule has 0 aromatic rings.